The first-order valence-corrected chi connectivity index (χ1v) is 31.3. The van der Waals surface area contributed by atoms with Gasteiger partial charge in [-0.05, 0) is 86.3 Å². The van der Waals surface area contributed by atoms with Crippen molar-refractivity contribution in [1.82, 2.24) is 47.0 Å². The van der Waals surface area contributed by atoms with Crippen LogP contribution >= 0.6 is 11.6 Å². The van der Waals surface area contributed by atoms with Gasteiger partial charge in [0.2, 0.25) is 0 Å². The molecule has 21 heteroatoms. The number of nitrogens with zero attached hydrogens (tertiary/aromatic N) is 10. The first-order valence-electron chi connectivity index (χ1n) is 23.5. The third kappa shape index (κ3) is 12.2. The first kappa shape index (κ1) is 50.0. The smallest absolute Gasteiger partial charge is 0.332 e. The Balaban J connectivity index is 0.000000159. The second-order valence-corrected chi connectivity index (χ2v) is 31.4. The molecule has 69 heavy (non-hydrogen) atoms. The highest BCUT2D eigenvalue weighted by atomic mass is 35.5. The highest BCUT2D eigenvalue weighted by Gasteiger charge is 2.26. The molecule has 10 heterocycles. The van der Waals surface area contributed by atoms with Crippen molar-refractivity contribution in [2.45, 2.75) is 103 Å². The van der Waals surface area contributed by atoms with Crippen LogP contribution in [0, 0.1) is 11.6 Å². The average molecular weight is 1000 g/mol. The number of fused-ring (bicyclic) bond motifs is 4. The lowest BCUT2D eigenvalue weighted by molar-refractivity contribution is 0.0667. The van der Waals surface area contributed by atoms with E-state index in [1.54, 1.807) is 63.9 Å². The molecule has 0 bridgehead atoms. The monoisotopic (exact) mass is 1000 g/mol. The van der Waals surface area contributed by atoms with Gasteiger partial charge in [0.05, 0.1) is 28.6 Å². The molecule has 0 spiro atoms. The lowest BCUT2D eigenvalue weighted by Crippen LogP contribution is -2.31. The van der Waals surface area contributed by atoms with E-state index in [-0.39, 0.29) is 48.6 Å². The van der Waals surface area contributed by atoms with Crippen LogP contribution in [0.3, 0.4) is 0 Å². The van der Waals surface area contributed by atoms with Crippen molar-refractivity contribution in [1.29, 1.82) is 0 Å². The summed E-state index contributed by atoms with van der Waals surface area (Å²) < 4.78 is 59.3. The Morgan fingerprint density at radius 1 is 0.667 bits per heavy atom. The van der Waals surface area contributed by atoms with Crippen LogP contribution < -0.4 is 11.4 Å². The predicted molar refractivity (Wildman–Crippen MR) is 269 cm³/mol. The summed E-state index contributed by atoms with van der Waals surface area (Å²) in [5.74, 6) is -0.598. The van der Waals surface area contributed by atoms with Gasteiger partial charge in [-0.3, -0.25) is 22.7 Å². The predicted octanol–water partition coefficient (Wildman–Crippen LogP) is 9.30. The molecule has 0 aromatic carbocycles. The molecule has 2 saturated heterocycles. The maximum absolute atomic E-state index is 13.9. The molecular formula is C48H61ClF2N10O6Si2. The van der Waals surface area contributed by atoms with Crippen molar-refractivity contribution >= 4 is 61.4 Å². The molecule has 10 rings (SSSR count). The summed E-state index contributed by atoms with van der Waals surface area (Å²) in [5.41, 5.74) is 5.24. The summed E-state index contributed by atoms with van der Waals surface area (Å²) in [6.07, 6.45) is 10.9. The van der Waals surface area contributed by atoms with Gasteiger partial charge in [0.1, 0.15) is 41.5 Å². The van der Waals surface area contributed by atoms with Gasteiger partial charge in [-0.15, -0.1) is 0 Å². The summed E-state index contributed by atoms with van der Waals surface area (Å²) in [7, 11) is -2.38. The molecule has 8 aromatic rings. The fourth-order valence-corrected chi connectivity index (χ4v) is 9.98. The fraction of sp³-hybridized carbons (Fsp3) is 0.458. The van der Waals surface area contributed by atoms with Crippen LogP contribution in [0.25, 0.3) is 45.0 Å². The molecule has 0 saturated carbocycles. The van der Waals surface area contributed by atoms with Gasteiger partial charge in [-0.1, -0.05) is 50.9 Å². The highest BCUT2D eigenvalue weighted by Crippen LogP contribution is 2.28. The Kier molecular flexibility index (Phi) is 15.8. The minimum absolute atomic E-state index is 0.00867. The molecule has 0 N–H and O–H groups in total. The SMILES string of the molecule is C[Si](C)(C)CCOCn1c(=O)n(C2CCOCC2)c2nc(-c3cnc4ccc(F)cn34)ccc21.C[Si](C)(C)CCOCn1c(=O)n(C2CCOCC2)c2nc(Cl)ccc21.Fc1ccc2nccn2c1. The fourth-order valence-electron chi connectivity index (χ4n) is 8.32. The Hall–Kier alpha value is -5.36. The molecule has 8 aromatic heterocycles. The van der Waals surface area contributed by atoms with E-state index in [4.69, 9.17) is 35.5 Å². The number of halogens is 3. The molecule has 368 valence electrons. The van der Waals surface area contributed by atoms with Crippen molar-refractivity contribution in [2.75, 3.05) is 39.6 Å². The van der Waals surface area contributed by atoms with E-state index in [1.165, 1.54) is 24.5 Å². The van der Waals surface area contributed by atoms with Crippen LogP contribution in [-0.2, 0) is 32.4 Å². The van der Waals surface area contributed by atoms with E-state index in [9.17, 15) is 18.4 Å². The number of aromatic nitrogens is 10. The Morgan fingerprint density at radius 3 is 1.75 bits per heavy atom. The summed E-state index contributed by atoms with van der Waals surface area (Å²) in [6.45, 7) is 18.1. The maximum Gasteiger partial charge on any atom is 0.332 e. The highest BCUT2D eigenvalue weighted by molar-refractivity contribution is 6.76. The summed E-state index contributed by atoms with van der Waals surface area (Å²) in [4.78, 5) is 44.2. The van der Waals surface area contributed by atoms with E-state index in [0.29, 0.717) is 73.1 Å². The third-order valence-electron chi connectivity index (χ3n) is 12.2. The first-order chi connectivity index (χ1) is 33.0. The van der Waals surface area contributed by atoms with Gasteiger partial charge in [-0.2, -0.15) is 0 Å². The van der Waals surface area contributed by atoms with Crippen LogP contribution in [0.1, 0.15) is 37.8 Å². The average Bonchev–Trinajstić information content (AvgIpc) is 4.08. The van der Waals surface area contributed by atoms with Gasteiger partial charge in [0.15, 0.2) is 11.3 Å². The topological polar surface area (TPSA) is 151 Å². The zero-order valence-electron chi connectivity index (χ0n) is 40.1. The van der Waals surface area contributed by atoms with E-state index in [0.717, 1.165) is 54.5 Å². The van der Waals surface area contributed by atoms with E-state index >= 15 is 0 Å². The molecule has 0 amide bonds. The maximum atomic E-state index is 13.9. The third-order valence-corrected chi connectivity index (χ3v) is 15.8. The van der Waals surface area contributed by atoms with Gasteiger partial charge in [0.25, 0.3) is 0 Å². The summed E-state index contributed by atoms with van der Waals surface area (Å²) in [6, 6.07) is 15.6. The molecule has 0 unspecified atom stereocenters. The molecule has 0 aliphatic carbocycles. The van der Waals surface area contributed by atoms with Crippen LogP contribution in [0.2, 0.25) is 56.5 Å². The van der Waals surface area contributed by atoms with Crippen molar-refractivity contribution in [3.05, 3.63) is 117 Å². The number of imidazole rings is 4. The molecule has 2 aliphatic rings. The largest absolute Gasteiger partial charge is 0.381 e. The van der Waals surface area contributed by atoms with Crippen LogP contribution in [0.5, 0.6) is 0 Å². The van der Waals surface area contributed by atoms with Crippen LogP contribution in [0.15, 0.2) is 89.1 Å². The van der Waals surface area contributed by atoms with Gasteiger partial charge >= 0.3 is 11.4 Å². The molecule has 0 atom stereocenters. The number of hydrogen-bond donors (Lipinski definition) is 0. The van der Waals surface area contributed by atoms with Crippen molar-refractivity contribution in [2.24, 2.45) is 0 Å². The molecule has 2 aliphatic heterocycles. The second-order valence-electron chi connectivity index (χ2n) is 19.8. The minimum Gasteiger partial charge on any atom is -0.381 e. The number of pyridine rings is 4. The van der Waals surface area contributed by atoms with Crippen molar-refractivity contribution in [3.63, 3.8) is 0 Å². The lowest BCUT2D eigenvalue weighted by Gasteiger charge is -2.23. The van der Waals surface area contributed by atoms with Crippen molar-refractivity contribution in [3.8, 4) is 11.4 Å². The normalized spacial score (nSPS) is 15.2. The zero-order valence-corrected chi connectivity index (χ0v) is 42.9. The van der Waals surface area contributed by atoms with Crippen LogP contribution in [0.4, 0.5) is 8.78 Å². The quantitative estimate of drug-likeness (QED) is 0.0621. The summed E-state index contributed by atoms with van der Waals surface area (Å²) in [5, 5.41) is 0.394. The molecular weight excluding hydrogens is 942 g/mol. The minimum atomic E-state index is -1.23. The van der Waals surface area contributed by atoms with Crippen LogP contribution in [-0.4, -0.2) is 103 Å². The Bertz CT molecular complexity index is 3140. The lowest BCUT2D eigenvalue weighted by atomic mass is 10.1. The Morgan fingerprint density at radius 2 is 1.19 bits per heavy atom. The number of rotatable bonds is 13. The second kappa shape index (κ2) is 21.7. The van der Waals surface area contributed by atoms with Gasteiger partial charge < -0.3 is 23.3 Å². The van der Waals surface area contributed by atoms with E-state index in [1.807, 2.05) is 18.2 Å². The molecule has 2 fully saturated rings. The van der Waals surface area contributed by atoms with Crippen molar-refractivity contribution < 1.29 is 27.7 Å². The van der Waals surface area contributed by atoms with Gasteiger partial charge in [-0.25, -0.2) is 38.3 Å². The van der Waals surface area contributed by atoms with E-state index < -0.39 is 16.1 Å². The van der Waals surface area contributed by atoms with Gasteiger partial charge in [0, 0.05) is 92.7 Å². The summed E-state index contributed by atoms with van der Waals surface area (Å²) >= 11 is 6.08. The van der Waals surface area contributed by atoms with E-state index in [2.05, 4.69) is 54.2 Å². The Labute approximate surface area is 405 Å². The number of ether oxygens (including phenoxy) is 4. The molecule has 16 nitrogen and oxygen atoms in total. The zero-order chi connectivity index (χ0) is 48.9. The standard InChI is InChI=1S/C24H30FN5O3Si.C17H26ClN3O3Si.C7H5FN2/c1-34(2,3)13-12-33-16-29-20-6-5-19(21-14-26-22-7-4-17(25)15-28(21)22)27-23(20)30(24(29)31)18-8-10-32-11-9-18;1-25(2,3)11-10-24-12-20-14-4-5-15(18)19-16(14)21(17(20)22)13-6-8-23-9-7-13;8-6-1-2-7-9-3-4-10(7)5-6/h4-7,14-15,18H,8-13,16H2,1-3H3;4-5,13H,6-12H2,1-3H3;1-5H. The number of hydrogen-bond acceptors (Lipinski definition) is 10. The molecule has 0 radical (unpaired) electrons.